The first kappa shape index (κ1) is 15.5. The van der Waals surface area contributed by atoms with Crippen LogP contribution < -0.4 is 10.0 Å². The van der Waals surface area contributed by atoms with Crippen molar-refractivity contribution < 1.29 is 8.42 Å². The molecular formula is C15H19N3O2S. The van der Waals surface area contributed by atoms with Crippen molar-refractivity contribution in [1.29, 1.82) is 0 Å². The Labute approximate surface area is 125 Å². The Hall–Kier alpha value is -1.92. The highest BCUT2D eigenvalue weighted by Crippen LogP contribution is 2.13. The number of hydrogen-bond acceptors (Lipinski definition) is 4. The average molecular weight is 305 g/mol. The van der Waals surface area contributed by atoms with Crippen molar-refractivity contribution in [3.63, 3.8) is 0 Å². The van der Waals surface area contributed by atoms with Gasteiger partial charge in [0, 0.05) is 18.9 Å². The molecule has 21 heavy (non-hydrogen) atoms. The second kappa shape index (κ2) is 7.19. The molecule has 6 heteroatoms. The van der Waals surface area contributed by atoms with Gasteiger partial charge in [-0.2, -0.15) is 0 Å². The van der Waals surface area contributed by atoms with Gasteiger partial charge in [0.15, 0.2) is 0 Å². The quantitative estimate of drug-likeness (QED) is 0.822. The summed E-state index contributed by atoms with van der Waals surface area (Å²) in [5, 5.41) is 3.22. The first-order valence-electron chi connectivity index (χ1n) is 6.78. The van der Waals surface area contributed by atoms with Gasteiger partial charge in [0.25, 0.3) is 0 Å². The predicted molar refractivity (Wildman–Crippen MR) is 84.3 cm³/mol. The Balaban J connectivity index is 2.06. The Kier molecular flexibility index (Phi) is 5.30. The van der Waals surface area contributed by atoms with Crippen LogP contribution in [0.4, 0.5) is 5.69 Å². The van der Waals surface area contributed by atoms with Crippen LogP contribution in [0, 0.1) is 0 Å². The van der Waals surface area contributed by atoms with Gasteiger partial charge in [-0.25, -0.2) is 8.42 Å². The van der Waals surface area contributed by atoms with Crippen molar-refractivity contribution in [2.24, 2.45) is 0 Å². The van der Waals surface area contributed by atoms with E-state index in [1.54, 1.807) is 24.5 Å². The third kappa shape index (κ3) is 5.17. The van der Waals surface area contributed by atoms with Gasteiger partial charge in [-0.3, -0.25) is 9.71 Å². The van der Waals surface area contributed by atoms with Crippen molar-refractivity contribution >= 4 is 15.7 Å². The highest BCUT2D eigenvalue weighted by molar-refractivity contribution is 7.91. The first-order valence-corrected chi connectivity index (χ1v) is 8.43. The van der Waals surface area contributed by atoms with Crippen LogP contribution in [-0.2, 0) is 22.3 Å². The van der Waals surface area contributed by atoms with Crippen LogP contribution in [0.25, 0.3) is 0 Å². The first-order chi connectivity index (χ1) is 10.1. The lowest BCUT2D eigenvalue weighted by Crippen LogP contribution is -2.16. The Morgan fingerprint density at radius 3 is 2.52 bits per heavy atom. The van der Waals surface area contributed by atoms with E-state index in [0.717, 1.165) is 24.2 Å². The van der Waals surface area contributed by atoms with Gasteiger partial charge >= 0.3 is 0 Å². The lowest BCUT2D eigenvalue weighted by molar-refractivity contribution is 0.600. The minimum atomic E-state index is -3.42. The molecule has 0 aliphatic rings. The topological polar surface area (TPSA) is 71.1 Å². The third-order valence-corrected chi connectivity index (χ3v) is 4.14. The Bertz CT molecular complexity index is 672. The smallest absolute Gasteiger partial charge is 0.236 e. The van der Waals surface area contributed by atoms with Gasteiger partial charge in [-0.15, -0.1) is 0 Å². The van der Waals surface area contributed by atoms with Crippen LogP contribution in [0.5, 0.6) is 0 Å². The number of rotatable bonds is 7. The number of nitrogens with zero attached hydrogens (tertiary/aromatic N) is 1. The van der Waals surface area contributed by atoms with E-state index in [1.165, 1.54) is 0 Å². The van der Waals surface area contributed by atoms with Crippen molar-refractivity contribution in [2.75, 3.05) is 11.3 Å². The van der Waals surface area contributed by atoms with Crippen LogP contribution in [0.1, 0.15) is 18.1 Å². The maximum absolute atomic E-state index is 12.1. The van der Waals surface area contributed by atoms with Gasteiger partial charge in [0.05, 0.1) is 11.4 Å². The van der Waals surface area contributed by atoms with E-state index in [2.05, 4.69) is 15.0 Å². The van der Waals surface area contributed by atoms with Crippen LogP contribution in [0.15, 0.2) is 48.8 Å². The third-order valence-electron chi connectivity index (χ3n) is 2.88. The van der Waals surface area contributed by atoms with Gasteiger partial charge in [0.2, 0.25) is 10.0 Å². The molecule has 5 nitrogen and oxygen atoms in total. The summed E-state index contributed by atoms with van der Waals surface area (Å²) in [6.07, 6.45) is 3.10. The summed E-state index contributed by atoms with van der Waals surface area (Å²) in [7, 11) is -3.42. The van der Waals surface area contributed by atoms with Gasteiger partial charge in [-0.05, 0) is 29.8 Å². The largest absolute Gasteiger partial charge is 0.313 e. The van der Waals surface area contributed by atoms with E-state index in [1.807, 2.05) is 31.2 Å². The Morgan fingerprint density at radius 2 is 1.81 bits per heavy atom. The second-order valence-electron chi connectivity index (χ2n) is 4.70. The van der Waals surface area contributed by atoms with Crippen LogP contribution in [0.3, 0.4) is 0 Å². The molecule has 1 aromatic heterocycles. The molecule has 0 saturated carbocycles. The molecule has 2 aromatic rings. The molecule has 0 atom stereocenters. The van der Waals surface area contributed by atoms with Gasteiger partial charge in [0.1, 0.15) is 0 Å². The summed E-state index contributed by atoms with van der Waals surface area (Å²) in [5.41, 5.74) is 2.37. The zero-order valence-corrected chi connectivity index (χ0v) is 12.7. The van der Waals surface area contributed by atoms with Gasteiger partial charge < -0.3 is 5.32 Å². The molecule has 2 rings (SSSR count). The standard InChI is InChI=1S/C15H19N3O2S/c1-2-16-11-13-4-3-5-14(10-13)12-21(19,20)18-15-6-8-17-9-7-15/h3-10,16H,2,11-12H2,1H3,(H,17,18). The van der Waals surface area contributed by atoms with Crippen LogP contribution in [-0.4, -0.2) is 19.9 Å². The number of nitrogens with one attached hydrogen (secondary N) is 2. The van der Waals surface area contributed by atoms with Crippen molar-refractivity contribution in [3.05, 3.63) is 59.9 Å². The van der Waals surface area contributed by atoms with Gasteiger partial charge in [-0.1, -0.05) is 31.2 Å². The van der Waals surface area contributed by atoms with Crippen molar-refractivity contribution in [1.82, 2.24) is 10.3 Å². The molecule has 0 amide bonds. The van der Waals surface area contributed by atoms with Crippen molar-refractivity contribution in [3.8, 4) is 0 Å². The molecule has 0 fully saturated rings. The molecule has 0 bridgehead atoms. The zero-order valence-electron chi connectivity index (χ0n) is 11.9. The number of aromatic nitrogens is 1. The Morgan fingerprint density at radius 1 is 1.10 bits per heavy atom. The SMILES string of the molecule is CCNCc1cccc(CS(=O)(=O)Nc2ccncc2)c1. The normalized spacial score (nSPS) is 11.3. The van der Waals surface area contributed by atoms with E-state index < -0.39 is 10.0 Å². The lowest BCUT2D eigenvalue weighted by atomic mass is 10.1. The maximum Gasteiger partial charge on any atom is 0.236 e. The zero-order chi connectivity index (χ0) is 15.1. The molecule has 0 aliphatic heterocycles. The van der Waals surface area contributed by atoms with E-state index in [4.69, 9.17) is 0 Å². The highest BCUT2D eigenvalue weighted by atomic mass is 32.2. The van der Waals surface area contributed by atoms with E-state index in [-0.39, 0.29) is 5.75 Å². The van der Waals surface area contributed by atoms with E-state index in [9.17, 15) is 8.42 Å². The fraction of sp³-hybridized carbons (Fsp3) is 0.267. The maximum atomic E-state index is 12.1. The molecule has 0 aliphatic carbocycles. The number of benzene rings is 1. The molecule has 112 valence electrons. The van der Waals surface area contributed by atoms with E-state index in [0.29, 0.717) is 5.69 Å². The molecule has 0 unspecified atom stereocenters. The average Bonchev–Trinajstić information content (AvgIpc) is 2.45. The summed E-state index contributed by atoms with van der Waals surface area (Å²) in [6, 6.07) is 10.8. The molecule has 0 spiro atoms. The molecule has 2 N–H and O–H groups in total. The highest BCUT2D eigenvalue weighted by Gasteiger charge is 2.12. The van der Waals surface area contributed by atoms with Crippen molar-refractivity contribution in [2.45, 2.75) is 19.2 Å². The monoisotopic (exact) mass is 305 g/mol. The summed E-state index contributed by atoms with van der Waals surface area (Å²) in [4.78, 5) is 3.86. The minimum Gasteiger partial charge on any atom is -0.313 e. The minimum absolute atomic E-state index is 0.0463. The summed E-state index contributed by atoms with van der Waals surface area (Å²) < 4.78 is 26.8. The molecular weight excluding hydrogens is 286 g/mol. The predicted octanol–water partition coefficient (Wildman–Crippen LogP) is 2.13. The van der Waals surface area contributed by atoms with Crippen LogP contribution in [0.2, 0.25) is 0 Å². The number of pyridine rings is 1. The fourth-order valence-electron chi connectivity index (χ4n) is 1.95. The van der Waals surface area contributed by atoms with Crippen LogP contribution >= 0.6 is 0 Å². The molecule has 1 aromatic carbocycles. The second-order valence-corrected chi connectivity index (χ2v) is 6.42. The van der Waals surface area contributed by atoms with E-state index >= 15 is 0 Å². The summed E-state index contributed by atoms with van der Waals surface area (Å²) in [5.74, 6) is -0.0463. The molecule has 0 saturated heterocycles. The number of hydrogen-bond donors (Lipinski definition) is 2. The molecule has 0 radical (unpaired) electrons. The number of anilines is 1. The number of sulfonamides is 1. The molecule has 1 heterocycles. The summed E-state index contributed by atoms with van der Waals surface area (Å²) >= 11 is 0. The lowest BCUT2D eigenvalue weighted by Gasteiger charge is -2.09. The fourth-order valence-corrected chi connectivity index (χ4v) is 3.14. The summed E-state index contributed by atoms with van der Waals surface area (Å²) in [6.45, 7) is 3.65.